The highest BCUT2D eigenvalue weighted by molar-refractivity contribution is 6.35. The smallest absolute Gasteiger partial charge is 0.312 e. The van der Waals surface area contributed by atoms with E-state index in [1.165, 1.54) is 0 Å². The van der Waals surface area contributed by atoms with E-state index in [4.69, 9.17) is 4.74 Å². The largest absolute Gasteiger partial charge is 0.372 e. The molecular formula is C13H25N3O3. The number of nitrogens with one attached hydrogen (secondary N) is 1. The van der Waals surface area contributed by atoms with Crippen molar-refractivity contribution in [1.29, 1.82) is 0 Å². The average molecular weight is 271 g/mol. The van der Waals surface area contributed by atoms with Gasteiger partial charge in [0.25, 0.3) is 0 Å². The molecule has 0 radical (unpaired) electrons. The van der Waals surface area contributed by atoms with Crippen LogP contribution in [0.25, 0.3) is 0 Å². The summed E-state index contributed by atoms with van der Waals surface area (Å²) >= 11 is 0. The first-order valence-electron chi connectivity index (χ1n) is 6.77. The SMILES string of the molecule is CC1CN(C(=O)C(=O)NCCCN(C)C)CC(C)O1. The first kappa shape index (κ1) is 15.9. The Bertz CT molecular complexity index is 310. The number of amides is 2. The molecule has 1 saturated heterocycles. The Morgan fingerprint density at radius 1 is 1.26 bits per heavy atom. The molecule has 1 heterocycles. The van der Waals surface area contributed by atoms with Gasteiger partial charge in [0.15, 0.2) is 0 Å². The molecule has 2 amide bonds. The van der Waals surface area contributed by atoms with Gasteiger partial charge >= 0.3 is 11.8 Å². The number of carbonyl (C=O) groups excluding carboxylic acids is 2. The summed E-state index contributed by atoms with van der Waals surface area (Å²) in [6.45, 7) is 6.19. The van der Waals surface area contributed by atoms with E-state index in [1.54, 1.807) is 4.90 Å². The van der Waals surface area contributed by atoms with Gasteiger partial charge in [-0.25, -0.2) is 0 Å². The van der Waals surface area contributed by atoms with Gasteiger partial charge in [0.05, 0.1) is 12.2 Å². The molecule has 0 aliphatic carbocycles. The summed E-state index contributed by atoms with van der Waals surface area (Å²) in [5, 5.41) is 2.67. The fourth-order valence-corrected chi connectivity index (χ4v) is 2.16. The van der Waals surface area contributed by atoms with Crippen molar-refractivity contribution in [3.8, 4) is 0 Å². The second kappa shape index (κ2) is 7.45. The predicted molar refractivity (Wildman–Crippen MR) is 72.8 cm³/mol. The van der Waals surface area contributed by atoms with Crippen molar-refractivity contribution in [3.05, 3.63) is 0 Å². The van der Waals surface area contributed by atoms with E-state index in [0.717, 1.165) is 13.0 Å². The monoisotopic (exact) mass is 271 g/mol. The van der Waals surface area contributed by atoms with Crippen LogP contribution < -0.4 is 5.32 Å². The van der Waals surface area contributed by atoms with Gasteiger partial charge in [-0.15, -0.1) is 0 Å². The fourth-order valence-electron chi connectivity index (χ4n) is 2.16. The quantitative estimate of drug-likeness (QED) is 0.563. The summed E-state index contributed by atoms with van der Waals surface area (Å²) in [6.07, 6.45) is 0.797. The van der Waals surface area contributed by atoms with Crippen LogP contribution >= 0.6 is 0 Å². The number of carbonyl (C=O) groups is 2. The van der Waals surface area contributed by atoms with Crippen molar-refractivity contribution < 1.29 is 14.3 Å². The lowest BCUT2D eigenvalue weighted by Gasteiger charge is -2.34. The Morgan fingerprint density at radius 3 is 2.37 bits per heavy atom. The Kier molecular flexibility index (Phi) is 6.24. The standard InChI is InChI=1S/C13H25N3O3/c1-10-8-16(9-11(2)19-10)13(18)12(17)14-6-5-7-15(3)4/h10-11H,5-9H2,1-4H3,(H,14,17). The molecule has 6 heteroatoms. The van der Waals surface area contributed by atoms with Gasteiger partial charge < -0.3 is 19.9 Å². The van der Waals surface area contributed by atoms with Gasteiger partial charge in [0, 0.05) is 19.6 Å². The molecule has 0 aromatic heterocycles. The van der Waals surface area contributed by atoms with Crippen LogP contribution in [0.2, 0.25) is 0 Å². The van der Waals surface area contributed by atoms with Crippen LogP contribution in [0.5, 0.6) is 0 Å². The molecule has 1 rings (SSSR count). The third kappa shape index (κ3) is 5.57. The summed E-state index contributed by atoms with van der Waals surface area (Å²) < 4.78 is 5.54. The molecule has 0 saturated carbocycles. The molecule has 1 N–H and O–H groups in total. The van der Waals surface area contributed by atoms with E-state index in [2.05, 4.69) is 5.32 Å². The molecule has 1 aliphatic heterocycles. The summed E-state index contributed by atoms with van der Waals surface area (Å²) in [6, 6.07) is 0. The van der Waals surface area contributed by atoms with Crippen molar-refractivity contribution in [2.75, 3.05) is 40.3 Å². The van der Waals surface area contributed by atoms with Gasteiger partial charge in [-0.3, -0.25) is 9.59 Å². The van der Waals surface area contributed by atoms with Gasteiger partial charge in [0.2, 0.25) is 0 Å². The topological polar surface area (TPSA) is 61.9 Å². The second-order valence-electron chi connectivity index (χ2n) is 5.38. The maximum absolute atomic E-state index is 12.0. The molecule has 2 atom stereocenters. The summed E-state index contributed by atoms with van der Waals surface area (Å²) in [7, 11) is 3.95. The minimum absolute atomic E-state index is 0.0192. The molecular weight excluding hydrogens is 246 g/mol. The first-order chi connectivity index (χ1) is 8.90. The number of nitrogens with zero attached hydrogens (tertiary/aromatic N) is 2. The van der Waals surface area contributed by atoms with Crippen LogP contribution in [0.1, 0.15) is 20.3 Å². The second-order valence-corrected chi connectivity index (χ2v) is 5.38. The van der Waals surface area contributed by atoms with Crippen LogP contribution in [0.15, 0.2) is 0 Å². The fraction of sp³-hybridized carbons (Fsp3) is 0.846. The van der Waals surface area contributed by atoms with Gasteiger partial charge in [-0.2, -0.15) is 0 Å². The van der Waals surface area contributed by atoms with E-state index in [-0.39, 0.29) is 12.2 Å². The molecule has 0 aromatic carbocycles. The average Bonchev–Trinajstić information content (AvgIpc) is 2.32. The zero-order valence-electron chi connectivity index (χ0n) is 12.3. The van der Waals surface area contributed by atoms with Gasteiger partial charge in [-0.05, 0) is 40.9 Å². The molecule has 0 spiro atoms. The normalized spacial score (nSPS) is 23.5. The van der Waals surface area contributed by atoms with E-state index in [1.807, 2.05) is 32.8 Å². The molecule has 2 unspecified atom stereocenters. The van der Waals surface area contributed by atoms with E-state index < -0.39 is 11.8 Å². The van der Waals surface area contributed by atoms with Crippen LogP contribution in [0.4, 0.5) is 0 Å². The molecule has 0 aromatic rings. The Labute approximate surface area is 115 Å². The summed E-state index contributed by atoms with van der Waals surface area (Å²) in [5.41, 5.74) is 0. The minimum Gasteiger partial charge on any atom is -0.372 e. The Hall–Kier alpha value is -1.14. The molecule has 1 fully saturated rings. The highest BCUT2D eigenvalue weighted by Gasteiger charge is 2.29. The molecule has 19 heavy (non-hydrogen) atoms. The van der Waals surface area contributed by atoms with Gasteiger partial charge in [0.1, 0.15) is 0 Å². The van der Waals surface area contributed by atoms with Crippen molar-refractivity contribution in [3.63, 3.8) is 0 Å². The zero-order chi connectivity index (χ0) is 14.4. The Morgan fingerprint density at radius 2 is 1.84 bits per heavy atom. The minimum atomic E-state index is -0.514. The number of ether oxygens (including phenoxy) is 1. The van der Waals surface area contributed by atoms with Crippen molar-refractivity contribution in [2.45, 2.75) is 32.5 Å². The van der Waals surface area contributed by atoms with Crippen LogP contribution in [0, 0.1) is 0 Å². The lowest BCUT2D eigenvalue weighted by molar-refractivity contribution is -0.153. The number of morpholine rings is 1. The molecule has 6 nitrogen and oxygen atoms in total. The van der Waals surface area contributed by atoms with Crippen LogP contribution in [0.3, 0.4) is 0 Å². The number of rotatable bonds is 4. The lowest BCUT2D eigenvalue weighted by atomic mass is 10.2. The van der Waals surface area contributed by atoms with Crippen molar-refractivity contribution >= 4 is 11.8 Å². The summed E-state index contributed by atoms with van der Waals surface area (Å²) in [4.78, 5) is 27.3. The van der Waals surface area contributed by atoms with Crippen molar-refractivity contribution in [2.24, 2.45) is 0 Å². The predicted octanol–water partition coefficient (Wildman–Crippen LogP) is -0.310. The molecule has 0 bridgehead atoms. The summed E-state index contributed by atoms with van der Waals surface area (Å²) in [5.74, 6) is -0.966. The maximum atomic E-state index is 12.0. The Balaban J connectivity index is 2.33. The van der Waals surface area contributed by atoms with E-state index in [9.17, 15) is 9.59 Å². The van der Waals surface area contributed by atoms with Gasteiger partial charge in [-0.1, -0.05) is 0 Å². The highest BCUT2D eigenvalue weighted by Crippen LogP contribution is 2.10. The van der Waals surface area contributed by atoms with Crippen LogP contribution in [-0.2, 0) is 14.3 Å². The van der Waals surface area contributed by atoms with Crippen LogP contribution in [-0.4, -0.2) is 74.1 Å². The maximum Gasteiger partial charge on any atom is 0.312 e. The number of hydrogen-bond acceptors (Lipinski definition) is 4. The van der Waals surface area contributed by atoms with E-state index in [0.29, 0.717) is 19.6 Å². The first-order valence-corrected chi connectivity index (χ1v) is 6.77. The highest BCUT2D eigenvalue weighted by atomic mass is 16.5. The third-order valence-corrected chi connectivity index (χ3v) is 2.97. The van der Waals surface area contributed by atoms with E-state index >= 15 is 0 Å². The molecule has 1 aliphatic rings. The lowest BCUT2D eigenvalue weighted by Crippen LogP contribution is -2.52. The molecule has 110 valence electrons. The zero-order valence-corrected chi connectivity index (χ0v) is 12.3. The number of hydrogen-bond donors (Lipinski definition) is 1. The van der Waals surface area contributed by atoms with Crippen molar-refractivity contribution in [1.82, 2.24) is 15.1 Å². The third-order valence-electron chi connectivity index (χ3n) is 2.97.